The number of hydrogen-bond donors (Lipinski definition) is 5. The molecule has 3 amide bonds. The Bertz CT molecular complexity index is 1240. The standard InChI is InChI=1S/C19H21N3O5.C11H15NO/c1-2-27-18(25)13-5-7-14(8-6-13)21-19(26)22-16(17(20)24)11-12-3-9-15(23)10-4-12;13-11-5-3-10(4-6-11)9-12-7-1-2-8-12/h3-10,16,23H,2,11H2,1H3,(H2,20,24)(H2,21,22,26);3-6,13H,1-2,7-9H2. The molecule has 1 aliphatic heterocycles. The minimum absolute atomic E-state index is 0.103. The first-order valence-corrected chi connectivity index (χ1v) is 13.2. The zero-order chi connectivity index (χ0) is 28.9. The van der Waals surface area contributed by atoms with E-state index in [0.717, 1.165) is 12.1 Å². The minimum Gasteiger partial charge on any atom is -0.508 e. The van der Waals surface area contributed by atoms with Crippen LogP contribution < -0.4 is 16.4 Å². The number of anilines is 1. The summed E-state index contributed by atoms with van der Waals surface area (Å²) in [6, 6.07) is 18.4. The van der Waals surface area contributed by atoms with Gasteiger partial charge in [0.2, 0.25) is 5.91 Å². The highest BCUT2D eigenvalue weighted by atomic mass is 16.5. The lowest BCUT2D eigenvalue weighted by atomic mass is 10.1. The normalized spacial score (nSPS) is 13.4. The molecule has 0 radical (unpaired) electrons. The van der Waals surface area contributed by atoms with Crippen LogP contribution in [0.1, 0.15) is 41.3 Å². The first-order chi connectivity index (χ1) is 19.2. The number of aromatic hydroxyl groups is 2. The van der Waals surface area contributed by atoms with E-state index >= 15 is 0 Å². The van der Waals surface area contributed by atoms with Crippen molar-refractivity contribution in [3.63, 3.8) is 0 Å². The highest BCUT2D eigenvalue weighted by molar-refractivity contribution is 5.94. The van der Waals surface area contributed by atoms with Gasteiger partial charge in [-0.3, -0.25) is 9.69 Å². The van der Waals surface area contributed by atoms with E-state index in [1.807, 2.05) is 12.1 Å². The molecule has 1 atom stereocenters. The van der Waals surface area contributed by atoms with Crippen LogP contribution in [0, 0.1) is 0 Å². The van der Waals surface area contributed by atoms with Crippen LogP contribution in [-0.2, 0) is 22.5 Å². The summed E-state index contributed by atoms with van der Waals surface area (Å²) in [5.41, 5.74) is 8.18. The number of rotatable bonds is 9. The van der Waals surface area contributed by atoms with Gasteiger partial charge >= 0.3 is 12.0 Å². The Morgan fingerprint density at radius 1 is 0.875 bits per heavy atom. The van der Waals surface area contributed by atoms with E-state index in [1.54, 1.807) is 43.3 Å². The first-order valence-electron chi connectivity index (χ1n) is 13.2. The lowest BCUT2D eigenvalue weighted by Crippen LogP contribution is -2.47. The average molecular weight is 549 g/mol. The van der Waals surface area contributed by atoms with Gasteiger partial charge in [-0.2, -0.15) is 0 Å². The van der Waals surface area contributed by atoms with Gasteiger partial charge in [-0.25, -0.2) is 9.59 Å². The Balaban J connectivity index is 0.000000281. The highest BCUT2D eigenvalue weighted by Gasteiger charge is 2.19. The zero-order valence-corrected chi connectivity index (χ0v) is 22.5. The van der Waals surface area contributed by atoms with Gasteiger partial charge in [-0.1, -0.05) is 24.3 Å². The Labute approximate surface area is 233 Å². The number of primary amides is 1. The molecule has 1 heterocycles. The van der Waals surface area contributed by atoms with Crippen LogP contribution in [-0.4, -0.2) is 58.8 Å². The van der Waals surface area contributed by atoms with Crippen molar-refractivity contribution in [3.8, 4) is 11.5 Å². The second kappa shape index (κ2) is 15.1. The Morgan fingerprint density at radius 2 is 1.43 bits per heavy atom. The number of nitrogens with two attached hydrogens (primary N) is 1. The fourth-order valence-corrected chi connectivity index (χ4v) is 4.12. The average Bonchev–Trinajstić information content (AvgIpc) is 3.45. The largest absolute Gasteiger partial charge is 0.508 e. The SMILES string of the molecule is CCOC(=O)c1ccc(NC(=O)NC(Cc2ccc(O)cc2)C(N)=O)cc1.Oc1ccc(CN2CCCC2)cc1. The van der Waals surface area contributed by atoms with E-state index in [2.05, 4.69) is 15.5 Å². The van der Waals surface area contributed by atoms with E-state index < -0.39 is 23.9 Å². The molecule has 0 saturated carbocycles. The second-order valence-corrected chi connectivity index (χ2v) is 9.37. The fourth-order valence-electron chi connectivity index (χ4n) is 4.12. The molecule has 4 rings (SSSR count). The lowest BCUT2D eigenvalue weighted by molar-refractivity contribution is -0.119. The monoisotopic (exact) mass is 548 g/mol. The number of nitrogens with zero attached hydrogens (tertiary/aromatic N) is 1. The van der Waals surface area contributed by atoms with E-state index in [-0.39, 0.29) is 18.8 Å². The lowest BCUT2D eigenvalue weighted by Gasteiger charge is -2.16. The number of amides is 3. The third-order valence-corrected chi connectivity index (χ3v) is 6.22. The number of hydrogen-bond acceptors (Lipinski definition) is 7. The Hall–Kier alpha value is -4.57. The predicted molar refractivity (Wildman–Crippen MR) is 152 cm³/mol. The third-order valence-electron chi connectivity index (χ3n) is 6.22. The quantitative estimate of drug-likeness (QED) is 0.255. The second-order valence-electron chi connectivity index (χ2n) is 9.37. The number of ether oxygens (including phenoxy) is 1. The summed E-state index contributed by atoms with van der Waals surface area (Å²) in [4.78, 5) is 37.8. The van der Waals surface area contributed by atoms with Crippen molar-refractivity contribution in [2.75, 3.05) is 25.0 Å². The van der Waals surface area contributed by atoms with Crippen LogP contribution in [0.4, 0.5) is 10.5 Å². The van der Waals surface area contributed by atoms with Crippen molar-refractivity contribution < 1.29 is 29.3 Å². The highest BCUT2D eigenvalue weighted by Crippen LogP contribution is 2.15. The molecule has 40 heavy (non-hydrogen) atoms. The fraction of sp³-hybridized carbons (Fsp3) is 0.300. The van der Waals surface area contributed by atoms with Gasteiger partial charge in [0.1, 0.15) is 17.5 Å². The summed E-state index contributed by atoms with van der Waals surface area (Å²) in [6.07, 6.45) is 2.85. The number of benzene rings is 3. The molecule has 0 aliphatic carbocycles. The van der Waals surface area contributed by atoms with Crippen molar-refractivity contribution in [1.29, 1.82) is 0 Å². The van der Waals surface area contributed by atoms with E-state index in [0.29, 0.717) is 17.0 Å². The number of urea groups is 1. The molecule has 10 nitrogen and oxygen atoms in total. The van der Waals surface area contributed by atoms with Gasteiger partial charge in [0, 0.05) is 18.7 Å². The van der Waals surface area contributed by atoms with Crippen LogP contribution in [0.25, 0.3) is 0 Å². The molecular weight excluding hydrogens is 512 g/mol. The number of phenols is 2. The molecule has 1 fully saturated rings. The van der Waals surface area contributed by atoms with Gasteiger partial charge in [-0.15, -0.1) is 0 Å². The van der Waals surface area contributed by atoms with Crippen LogP contribution in [0.15, 0.2) is 72.8 Å². The van der Waals surface area contributed by atoms with Crippen molar-refractivity contribution in [3.05, 3.63) is 89.5 Å². The summed E-state index contributed by atoms with van der Waals surface area (Å²) in [6.45, 7) is 5.46. The zero-order valence-electron chi connectivity index (χ0n) is 22.5. The summed E-state index contributed by atoms with van der Waals surface area (Å²) in [7, 11) is 0. The van der Waals surface area contributed by atoms with E-state index in [9.17, 15) is 19.5 Å². The number of carbonyl (C=O) groups is 3. The molecule has 212 valence electrons. The number of likely N-dealkylation sites (tertiary alicyclic amines) is 1. The van der Waals surface area contributed by atoms with Crippen molar-refractivity contribution in [1.82, 2.24) is 10.2 Å². The molecule has 10 heteroatoms. The number of phenolic OH excluding ortho intramolecular Hbond substituents is 2. The maximum absolute atomic E-state index is 12.1. The van der Waals surface area contributed by atoms with Crippen molar-refractivity contribution >= 4 is 23.6 Å². The smallest absolute Gasteiger partial charge is 0.338 e. The minimum atomic E-state index is -0.923. The molecule has 1 unspecified atom stereocenters. The number of carbonyl (C=O) groups excluding carboxylic acids is 3. The summed E-state index contributed by atoms with van der Waals surface area (Å²) in [5, 5.41) is 23.5. The third kappa shape index (κ3) is 9.95. The van der Waals surface area contributed by atoms with Crippen LogP contribution in [0.2, 0.25) is 0 Å². The predicted octanol–water partition coefficient (Wildman–Crippen LogP) is 3.78. The van der Waals surface area contributed by atoms with Crippen molar-refractivity contribution in [2.45, 2.75) is 38.8 Å². The van der Waals surface area contributed by atoms with Gasteiger partial charge in [0.25, 0.3) is 0 Å². The Morgan fingerprint density at radius 3 is 1.95 bits per heavy atom. The van der Waals surface area contributed by atoms with Crippen LogP contribution in [0.5, 0.6) is 11.5 Å². The van der Waals surface area contributed by atoms with Gasteiger partial charge in [0.05, 0.1) is 12.2 Å². The Kier molecular flexibility index (Phi) is 11.3. The van der Waals surface area contributed by atoms with Gasteiger partial charge < -0.3 is 31.3 Å². The summed E-state index contributed by atoms with van der Waals surface area (Å²) >= 11 is 0. The first kappa shape index (κ1) is 30.0. The van der Waals surface area contributed by atoms with Crippen LogP contribution >= 0.6 is 0 Å². The summed E-state index contributed by atoms with van der Waals surface area (Å²) in [5.74, 6) is -0.677. The topological polar surface area (TPSA) is 154 Å². The maximum Gasteiger partial charge on any atom is 0.338 e. The molecule has 1 aliphatic rings. The number of nitrogens with one attached hydrogen (secondary N) is 2. The van der Waals surface area contributed by atoms with Gasteiger partial charge in [0.15, 0.2) is 0 Å². The molecule has 3 aromatic rings. The summed E-state index contributed by atoms with van der Waals surface area (Å²) < 4.78 is 4.89. The van der Waals surface area contributed by atoms with Crippen molar-refractivity contribution in [2.24, 2.45) is 5.73 Å². The molecule has 3 aromatic carbocycles. The molecule has 6 N–H and O–H groups in total. The molecule has 0 bridgehead atoms. The molecule has 0 spiro atoms. The molecular formula is C30H36N4O6. The number of esters is 1. The maximum atomic E-state index is 12.1. The molecule has 1 saturated heterocycles. The molecule has 0 aromatic heterocycles. The van der Waals surface area contributed by atoms with E-state index in [4.69, 9.17) is 15.6 Å². The van der Waals surface area contributed by atoms with Gasteiger partial charge in [-0.05, 0) is 92.5 Å². The van der Waals surface area contributed by atoms with Crippen LogP contribution in [0.3, 0.4) is 0 Å². The van der Waals surface area contributed by atoms with E-state index in [1.165, 1.54) is 55.8 Å².